The fourth-order valence-electron chi connectivity index (χ4n) is 1.80. The Morgan fingerprint density at radius 1 is 1.59 bits per heavy atom. The third kappa shape index (κ3) is 1.41. The molecule has 0 unspecified atom stereocenters. The van der Waals surface area contributed by atoms with Gasteiger partial charge in [-0.25, -0.2) is 4.79 Å². The van der Waals surface area contributed by atoms with Gasteiger partial charge in [0.25, 0.3) is 5.91 Å². The van der Waals surface area contributed by atoms with Crippen LogP contribution in [0.3, 0.4) is 0 Å². The first-order chi connectivity index (χ1) is 8.18. The van der Waals surface area contributed by atoms with Crippen molar-refractivity contribution in [1.82, 2.24) is 4.90 Å². The van der Waals surface area contributed by atoms with Crippen molar-refractivity contribution in [2.45, 2.75) is 5.37 Å². The predicted molar refractivity (Wildman–Crippen MR) is 60.6 cm³/mol. The quantitative estimate of drug-likeness (QED) is 0.635. The number of carboxylic acid groups (broad SMARTS) is 1. The van der Waals surface area contributed by atoms with E-state index in [-0.39, 0.29) is 17.0 Å². The lowest BCUT2D eigenvalue weighted by Crippen LogP contribution is -2.51. The van der Waals surface area contributed by atoms with Crippen molar-refractivity contribution in [2.24, 2.45) is 0 Å². The number of amides is 1. The van der Waals surface area contributed by atoms with Crippen LogP contribution in [-0.4, -0.2) is 27.3 Å². The van der Waals surface area contributed by atoms with Crippen molar-refractivity contribution < 1.29 is 19.1 Å². The minimum absolute atomic E-state index is 0.0503. The van der Waals surface area contributed by atoms with Crippen molar-refractivity contribution in [2.75, 3.05) is 0 Å². The second-order valence-corrected chi connectivity index (χ2v) is 4.58. The molecule has 0 spiro atoms. The molecule has 1 aromatic heterocycles. The number of rotatable bonds is 2. The van der Waals surface area contributed by atoms with E-state index in [2.05, 4.69) is 0 Å². The molecule has 0 saturated carbocycles. The molecule has 0 bridgehead atoms. The Morgan fingerprint density at radius 3 is 3.06 bits per heavy atom. The molecule has 1 fully saturated rings. The van der Waals surface area contributed by atoms with Crippen molar-refractivity contribution in [3.05, 3.63) is 40.8 Å². The van der Waals surface area contributed by atoms with E-state index in [1.54, 1.807) is 12.1 Å². The normalized spacial score (nSPS) is 24.6. The van der Waals surface area contributed by atoms with E-state index in [0.29, 0.717) is 5.57 Å². The number of thioether (sulfide) groups is 1. The number of aliphatic carboxylic acids is 1. The lowest BCUT2D eigenvalue weighted by Gasteiger charge is -2.37. The lowest BCUT2D eigenvalue weighted by atomic mass is 10.0. The number of furan rings is 1. The number of hydrogen-bond donors (Lipinski definition) is 1. The molecule has 86 valence electrons. The third-order valence-electron chi connectivity index (χ3n) is 2.62. The van der Waals surface area contributed by atoms with Crippen LogP contribution in [0.5, 0.6) is 0 Å². The number of hydrogen-bond acceptors (Lipinski definition) is 4. The molecule has 1 N–H and O–H groups in total. The summed E-state index contributed by atoms with van der Waals surface area (Å²) in [7, 11) is 0. The summed E-state index contributed by atoms with van der Waals surface area (Å²) < 4.78 is 4.91. The molecule has 1 saturated heterocycles. The maximum absolute atomic E-state index is 11.8. The monoisotopic (exact) mass is 249 g/mol. The summed E-state index contributed by atoms with van der Waals surface area (Å²) in [6, 6.07) is 1.74. The second-order valence-electron chi connectivity index (χ2n) is 3.63. The zero-order chi connectivity index (χ0) is 12.0. The van der Waals surface area contributed by atoms with Crippen LogP contribution in [0.2, 0.25) is 0 Å². The van der Waals surface area contributed by atoms with Gasteiger partial charge in [0, 0.05) is 11.0 Å². The van der Waals surface area contributed by atoms with Crippen LogP contribution in [0.4, 0.5) is 0 Å². The first kappa shape index (κ1) is 10.2. The SMILES string of the molecule is O=C(O)C1=CS[C@@H]2/C(=C\c3ccoc3)C(=O)N12. The zero-order valence-corrected chi connectivity index (χ0v) is 9.31. The molecule has 0 aromatic carbocycles. The second kappa shape index (κ2) is 3.53. The molecule has 6 heteroatoms. The standard InChI is InChI=1S/C11H7NO4S/c13-9-7(3-6-1-2-16-4-6)10-12(9)8(5-17-10)11(14)15/h1-5,10H,(H,14,15)/b7-3-/t10-/m1/s1. The highest BCUT2D eigenvalue weighted by molar-refractivity contribution is 8.03. The predicted octanol–water partition coefficient (Wildman–Crippen LogP) is 1.50. The Balaban J connectivity index is 1.87. The van der Waals surface area contributed by atoms with Crippen LogP contribution in [0.1, 0.15) is 5.56 Å². The average Bonchev–Trinajstić information content (AvgIpc) is 2.93. The molecule has 1 atom stereocenters. The molecule has 0 radical (unpaired) electrons. The molecule has 3 heterocycles. The Morgan fingerprint density at radius 2 is 2.41 bits per heavy atom. The summed E-state index contributed by atoms with van der Waals surface area (Å²) in [5.41, 5.74) is 1.45. The van der Waals surface area contributed by atoms with Crippen molar-refractivity contribution >= 4 is 29.7 Å². The van der Waals surface area contributed by atoms with Crippen molar-refractivity contribution in [1.29, 1.82) is 0 Å². The number of β-lactam (4-membered cyclic amide) rings is 1. The van der Waals surface area contributed by atoms with Crippen LogP contribution >= 0.6 is 11.8 Å². The minimum Gasteiger partial charge on any atom is -0.477 e. The lowest BCUT2D eigenvalue weighted by molar-refractivity contribution is -0.141. The van der Waals surface area contributed by atoms with Gasteiger partial charge in [-0.15, -0.1) is 11.8 Å². The Hall–Kier alpha value is -1.95. The highest BCUT2D eigenvalue weighted by atomic mass is 32.2. The smallest absolute Gasteiger partial charge is 0.353 e. The fourth-order valence-corrected chi connectivity index (χ4v) is 2.92. The van der Waals surface area contributed by atoms with Gasteiger partial charge in [0.1, 0.15) is 11.1 Å². The summed E-state index contributed by atoms with van der Waals surface area (Å²) in [4.78, 5) is 23.9. The van der Waals surface area contributed by atoms with E-state index in [9.17, 15) is 9.59 Å². The van der Waals surface area contributed by atoms with E-state index in [4.69, 9.17) is 9.52 Å². The summed E-state index contributed by atoms with van der Waals surface area (Å²) in [6.45, 7) is 0. The van der Waals surface area contributed by atoms with E-state index in [1.807, 2.05) is 0 Å². The van der Waals surface area contributed by atoms with Crippen LogP contribution in [0.15, 0.2) is 39.7 Å². The molecule has 3 rings (SSSR count). The Kier molecular flexibility index (Phi) is 2.12. The van der Waals surface area contributed by atoms with Crippen LogP contribution in [0, 0.1) is 0 Å². The minimum atomic E-state index is -1.07. The van der Waals surface area contributed by atoms with Gasteiger partial charge < -0.3 is 9.52 Å². The van der Waals surface area contributed by atoms with Crippen LogP contribution in [0.25, 0.3) is 6.08 Å². The third-order valence-corrected chi connectivity index (χ3v) is 3.70. The van der Waals surface area contributed by atoms with E-state index in [1.165, 1.54) is 34.6 Å². The first-order valence-corrected chi connectivity index (χ1v) is 5.79. The van der Waals surface area contributed by atoms with Crippen LogP contribution in [-0.2, 0) is 9.59 Å². The number of carbonyl (C=O) groups excluding carboxylic acids is 1. The summed E-state index contributed by atoms with van der Waals surface area (Å²) in [5.74, 6) is -1.33. The van der Waals surface area contributed by atoms with E-state index in [0.717, 1.165) is 5.56 Å². The van der Waals surface area contributed by atoms with Gasteiger partial charge in [0.2, 0.25) is 0 Å². The maximum atomic E-state index is 11.8. The number of nitrogens with zero attached hydrogens (tertiary/aromatic N) is 1. The average molecular weight is 249 g/mol. The van der Waals surface area contributed by atoms with Gasteiger partial charge in [0.15, 0.2) is 0 Å². The van der Waals surface area contributed by atoms with Gasteiger partial charge in [-0.2, -0.15) is 0 Å². The molecular weight excluding hydrogens is 242 g/mol. The van der Waals surface area contributed by atoms with Gasteiger partial charge >= 0.3 is 5.97 Å². The zero-order valence-electron chi connectivity index (χ0n) is 8.49. The van der Waals surface area contributed by atoms with Gasteiger partial charge in [-0.1, -0.05) is 0 Å². The van der Waals surface area contributed by atoms with Crippen molar-refractivity contribution in [3.63, 3.8) is 0 Å². The largest absolute Gasteiger partial charge is 0.477 e. The first-order valence-electron chi connectivity index (χ1n) is 4.85. The number of carbonyl (C=O) groups is 2. The highest BCUT2D eigenvalue weighted by Crippen LogP contribution is 2.44. The molecule has 17 heavy (non-hydrogen) atoms. The molecular formula is C11H7NO4S. The molecule has 1 aromatic rings. The number of fused-ring (bicyclic) bond motifs is 1. The summed E-state index contributed by atoms with van der Waals surface area (Å²) >= 11 is 1.33. The van der Waals surface area contributed by atoms with Gasteiger partial charge in [-0.05, 0) is 12.1 Å². The molecule has 1 amide bonds. The molecule has 5 nitrogen and oxygen atoms in total. The molecule has 2 aliphatic heterocycles. The summed E-state index contributed by atoms with van der Waals surface area (Å²) in [5, 5.41) is 10.2. The number of carboxylic acids is 1. The Labute approximate surface area is 100 Å². The van der Waals surface area contributed by atoms with Crippen LogP contribution < -0.4 is 0 Å². The van der Waals surface area contributed by atoms with Crippen molar-refractivity contribution in [3.8, 4) is 0 Å². The van der Waals surface area contributed by atoms with Gasteiger partial charge in [-0.3, -0.25) is 9.69 Å². The summed E-state index contributed by atoms with van der Waals surface area (Å²) in [6.07, 6.45) is 4.78. The van der Waals surface area contributed by atoms with E-state index < -0.39 is 5.97 Å². The Bertz CT molecular complexity index is 558. The topological polar surface area (TPSA) is 70.7 Å². The molecule has 2 aliphatic rings. The molecule has 0 aliphatic carbocycles. The fraction of sp³-hybridized carbons (Fsp3) is 0.0909. The van der Waals surface area contributed by atoms with Gasteiger partial charge in [0.05, 0.1) is 18.1 Å². The maximum Gasteiger partial charge on any atom is 0.353 e. The highest BCUT2D eigenvalue weighted by Gasteiger charge is 2.49. The van der Waals surface area contributed by atoms with E-state index >= 15 is 0 Å².